The fourth-order valence-corrected chi connectivity index (χ4v) is 2.59. The number of aliphatic hydroxyl groups excluding tert-OH is 1. The van der Waals surface area contributed by atoms with Gasteiger partial charge in [-0.2, -0.15) is 10.4 Å². The van der Waals surface area contributed by atoms with Crippen molar-refractivity contribution in [1.29, 1.82) is 0 Å². The van der Waals surface area contributed by atoms with E-state index in [1.807, 2.05) is 26.0 Å². The van der Waals surface area contributed by atoms with Crippen LogP contribution in [0.2, 0.25) is 0 Å². The molecular formula is C14H19BrN4O3. The molecule has 1 aromatic carbocycles. The van der Waals surface area contributed by atoms with E-state index in [1.54, 1.807) is 12.1 Å². The lowest BCUT2D eigenvalue weighted by Gasteiger charge is -2.24. The lowest BCUT2D eigenvalue weighted by molar-refractivity contribution is -0.135. The lowest BCUT2D eigenvalue weighted by atomic mass is 9.93. The molecule has 8 heteroatoms. The second-order valence-corrected chi connectivity index (χ2v) is 5.96. The highest BCUT2D eigenvalue weighted by molar-refractivity contribution is 9.10. The number of halogens is 1. The van der Waals surface area contributed by atoms with Gasteiger partial charge in [0, 0.05) is 10.2 Å². The van der Waals surface area contributed by atoms with Gasteiger partial charge >= 0.3 is 6.03 Å². The molecule has 7 nitrogen and oxygen atoms in total. The number of nitrogens with one attached hydrogen (secondary N) is 3. The fourth-order valence-electron chi connectivity index (χ4n) is 2.33. The molecule has 1 aliphatic heterocycles. The van der Waals surface area contributed by atoms with Crippen LogP contribution in [0.1, 0.15) is 26.7 Å². The summed E-state index contributed by atoms with van der Waals surface area (Å²) in [7, 11) is 0. The van der Waals surface area contributed by atoms with E-state index in [0.29, 0.717) is 18.5 Å². The summed E-state index contributed by atoms with van der Waals surface area (Å²) in [5, 5.41) is 16.2. The molecule has 1 saturated heterocycles. The minimum atomic E-state index is -1.28. The highest BCUT2D eigenvalue weighted by atomic mass is 79.9. The number of carbonyl (C=O) groups is 2. The average molecular weight is 371 g/mol. The van der Waals surface area contributed by atoms with Crippen LogP contribution in [0.25, 0.3) is 0 Å². The minimum Gasteiger partial charge on any atom is -0.360 e. The molecule has 1 aromatic rings. The Morgan fingerprint density at radius 3 is 2.36 bits per heavy atom. The number of hydrogen-bond donors (Lipinski definition) is 4. The van der Waals surface area contributed by atoms with Crippen LogP contribution in [-0.4, -0.2) is 33.9 Å². The summed E-state index contributed by atoms with van der Waals surface area (Å²) < 4.78 is 0.908. The van der Waals surface area contributed by atoms with Crippen LogP contribution in [-0.2, 0) is 4.79 Å². The molecular weight excluding hydrogens is 352 g/mol. The summed E-state index contributed by atoms with van der Waals surface area (Å²) in [6.45, 7) is 3.67. The molecule has 0 bridgehead atoms. The number of hydrazine groups is 1. The van der Waals surface area contributed by atoms with Crippen LogP contribution < -0.4 is 16.1 Å². The van der Waals surface area contributed by atoms with E-state index in [9.17, 15) is 14.7 Å². The lowest BCUT2D eigenvalue weighted by Crippen LogP contribution is -2.53. The number of urea groups is 1. The Morgan fingerprint density at radius 1 is 1.27 bits per heavy atom. The van der Waals surface area contributed by atoms with Crippen LogP contribution >= 0.6 is 15.9 Å². The third-order valence-electron chi connectivity index (χ3n) is 3.77. The Labute approximate surface area is 137 Å². The summed E-state index contributed by atoms with van der Waals surface area (Å²) in [4.78, 5) is 24.3. The van der Waals surface area contributed by atoms with Crippen molar-refractivity contribution in [3.05, 3.63) is 28.7 Å². The minimum absolute atomic E-state index is 0.390. The van der Waals surface area contributed by atoms with Gasteiger partial charge in [-0.25, -0.2) is 4.79 Å². The van der Waals surface area contributed by atoms with Gasteiger partial charge in [0.2, 0.25) is 0 Å². The number of rotatable bonds is 6. The average Bonchev–Trinajstić information content (AvgIpc) is 2.74. The van der Waals surface area contributed by atoms with Crippen molar-refractivity contribution in [1.82, 2.24) is 15.8 Å². The van der Waals surface area contributed by atoms with Crippen molar-refractivity contribution in [2.24, 2.45) is 0 Å². The number of imide groups is 1. The van der Waals surface area contributed by atoms with E-state index in [4.69, 9.17) is 0 Å². The molecule has 120 valence electrons. The Kier molecular flexibility index (Phi) is 5.05. The van der Waals surface area contributed by atoms with Gasteiger partial charge < -0.3 is 15.7 Å². The monoisotopic (exact) mass is 370 g/mol. The molecule has 1 fully saturated rings. The second-order valence-electron chi connectivity index (χ2n) is 5.04. The maximum absolute atomic E-state index is 12.4. The first-order valence-corrected chi connectivity index (χ1v) is 7.84. The quantitative estimate of drug-likeness (QED) is 0.452. The topological polar surface area (TPSA) is 93.7 Å². The molecule has 0 radical (unpaired) electrons. The molecule has 3 amide bonds. The summed E-state index contributed by atoms with van der Waals surface area (Å²) >= 11 is 3.31. The van der Waals surface area contributed by atoms with Crippen molar-refractivity contribution in [3.8, 4) is 0 Å². The molecule has 0 aliphatic carbocycles. The standard InChI is InChI=1S/C14H19BrN4O3/c1-3-14(4-2)11(20)19(13(22)17-14)18-12(21)16-10-7-5-9(15)6-8-10/h5-8,12,16,18,21H,3-4H2,1-2H3,(H,17,22). The SMILES string of the molecule is CCC1(CC)NC(=O)N(NC(O)Nc2ccc(Br)cc2)C1=O. The summed E-state index contributed by atoms with van der Waals surface area (Å²) in [5.41, 5.74) is 2.21. The summed E-state index contributed by atoms with van der Waals surface area (Å²) in [6, 6.07) is 6.56. The van der Waals surface area contributed by atoms with Crippen LogP contribution in [0.15, 0.2) is 28.7 Å². The number of nitrogens with zero attached hydrogens (tertiary/aromatic N) is 1. The van der Waals surface area contributed by atoms with E-state index >= 15 is 0 Å². The van der Waals surface area contributed by atoms with Gasteiger partial charge in [-0.15, -0.1) is 0 Å². The Hall–Kier alpha value is -1.64. The van der Waals surface area contributed by atoms with Gasteiger partial charge in [0.25, 0.3) is 5.91 Å². The Bertz CT molecular complexity index is 560. The summed E-state index contributed by atoms with van der Waals surface area (Å²) in [6.07, 6.45) is -0.300. The van der Waals surface area contributed by atoms with E-state index in [0.717, 1.165) is 9.48 Å². The normalized spacial score (nSPS) is 18.3. The molecule has 0 spiro atoms. The molecule has 2 rings (SSSR count). The van der Waals surface area contributed by atoms with Crippen molar-refractivity contribution >= 4 is 33.6 Å². The van der Waals surface area contributed by atoms with Crippen molar-refractivity contribution in [3.63, 3.8) is 0 Å². The third kappa shape index (κ3) is 3.23. The van der Waals surface area contributed by atoms with E-state index in [2.05, 4.69) is 32.0 Å². The van der Waals surface area contributed by atoms with Gasteiger partial charge in [0.15, 0.2) is 6.35 Å². The number of carbonyl (C=O) groups excluding carboxylic acids is 2. The van der Waals surface area contributed by atoms with Gasteiger partial charge in [0.1, 0.15) is 5.54 Å². The molecule has 1 atom stereocenters. The molecule has 0 saturated carbocycles. The highest BCUT2D eigenvalue weighted by Gasteiger charge is 2.49. The van der Waals surface area contributed by atoms with Crippen LogP contribution in [0.5, 0.6) is 0 Å². The predicted molar refractivity (Wildman–Crippen MR) is 85.6 cm³/mol. The van der Waals surface area contributed by atoms with E-state index in [1.165, 1.54) is 0 Å². The smallest absolute Gasteiger partial charge is 0.339 e. The number of anilines is 1. The molecule has 1 heterocycles. The van der Waals surface area contributed by atoms with Gasteiger partial charge in [0.05, 0.1) is 0 Å². The third-order valence-corrected chi connectivity index (χ3v) is 4.30. The number of amides is 3. The molecule has 0 aromatic heterocycles. The first kappa shape index (κ1) is 16.7. The van der Waals surface area contributed by atoms with Gasteiger partial charge in [-0.3, -0.25) is 4.79 Å². The van der Waals surface area contributed by atoms with Crippen LogP contribution in [0.3, 0.4) is 0 Å². The number of benzene rings is 1. The summed E-state index contributed by atoms with van der Waals surface area (Å²) in [5.74, 6) is -0.390. The Morgan fingerprint density at radius 2 is 1.86 bits per heavy atom. The zero-order valence-electron chi connectivity index (χ0n) is 12.4. The zero-order valence-corrected chi connectivity index (χ0v) is 14.0. The Balaban J connectivity index is 2.02. The first-order chi connectivity index (χ1) is 10.4. The second kappa shape index (κ2) is 6.64. The molecule has 22 heavy (non-hydrogen) atoms. The largest absolute Gasteiger partial charge is 0.360 e. The number of hydrogen-bond acceptors (Lipinski definition) is 5. The maximum Gasteiger partial charge on any atom is 0.339 e. The fraction of sp³-hybridized carbons (Fsp3) is 0.429. The first-order valence-electron chi connectivity index (χ1n) is 7.05. The predicted octanol–water partition coefficient (Wildman–Crippen LogP) is 1.75. The van der Waals surface area contributed by atoms with Crippen LogP contribution in [0, 0.1) is 0 Å². The van der Waals surface area contributed by atoms with Crippen LogP contribution in [0.4, 0.5) is 10.5 Å². The van der Waals surface area contributed by atoms with Crippen molar-refractivity contribution in [2.45, 2.75) is 38.6 Å². The van der Waals surface area contributed by atoms with E-state index in [-0.39, 0.29) is 5.91 Å². The van der Waals surface area contributed by atoms with E-state index < -0.39 is 17.9 Å². The molecule has 4 N–H and O–H groups in total. The van der Waals surface area contributed by atoms with Gasteiger partial charge in [-0.1, -0.05) is 29.8 Å². The maximum atomic E-state index is 12.4. The number of aliphatic hydroxyl groups is 1. The zero-order chi connectivity index (χ0) is 16.3. The highest BCUT2D eigenvalue weighted by Crippen LogP contribution is 2.23. The molecule has 1 aliphatic rings. The van der Waals surface area contributed by atoms with Crippen molar-refractivity contribution in [2.75, 3.05) is 5.32 Å². The van der Waals surface area contributed by atoms with Gasteiger partial charge in [-0.05, 0) is 37.1 Å². The van der Waals surface area contributed by atoms with Crippen molar-refractivity contribution < 1.29 is 14.7 Å². The molecule has 1 unspecified atom stereocenters.